The Hall–Kier alpha value is -1.92. The lowest BCUT2D eigenvalue weighted by atomic mass is 10.2. The van der Waals surface area contributed by atoms with Crippen LogP contribution in [0.1, 0.15) is 11.1 Å². The van der Waals surface area contributed by atoms with Crippen LogP contribution in [0.2, 0.25) is 0 Å². The van der Waals surface area contributed by atoms with E-state index in [-0.39, 0.29) is 4.90 Å². The number of sulfonamides is 1. The molecule has 0 aliphatic heterocycles. The van der Waals surface area contributed by atoms with Crippen LogP contribution in [0, 0.1) is 12.7 Å². The standard InChI is InChI=1S/C15H17FN2O2S/c1-11-6-7-13(16)9-15(11)21(19,20)18(2)14-5-3-4-12(8-14)10-17/h3-9H,10,17H2,1-2H3. The lowest BCUT2D eigenvalue weighted by Crippen LogP contribution is -2.27. The summed E-state index contributed by atoms with van der Waals surface area (Å²) in [5.74, 6) is -0.580. The van der Waals surface area contributed by atoms with Crippen LogP contribution in [0.4, 0.5) is 10.1 Å². The Kier molecular flexibility index (Phi) is 4.29. The Morgan fingerprint density at radius 2 is 1.90 bits per heavy atom. The molecule has 0 aliphatic carbocycles. The first-order chi connectivity index (χ1) is 9.86. The lowest BCUT2D eigenvalue weighted by Gasteiger charge is -2.21. The number of halogens is 1. The van der Waals surface area contributed by atoms with Gasteiger partial charge in [-0.2, -0.15) is 0 Å². The highest BCUT2D eigenvalue weighted by Gasteiger charge is 2.23. The van der Waals surface area contributed by atoms with Gasteiger partial charge in [0.15, 0.2) is 0 Å². The fraction of sp³-hybridized carbons (Fsp3) is 0.200. The van der Waals surface area contributed by atoms with Gasteiger partial charge in [-0.25, -0.2) is 12.8 Å². The number of anilines is 1. The van der Waals surface area contributed by atoms with E-state index in [0.717, 1.165) is 15.9 Å². The molecule has 0 unspecified atom stereocenters. The summed E-state index contributed by atoms with van der Waals surface area (Å²) in [5.41, 5.74) is 7.38. The van der Waals surface area contributed by atoms with E-state index in [0.29, 0.717) is 17.8 Å². The van der Waals surface area contributed by atoms with Crippen LogP contribution in [0.15, 0.2) is 47.4 Å². The highest BCUT2D eigenvalue weighted by molar-refractivity contribution is 7.92. The first kappa shape index (κ1) is 15.5. The van der Waals surface area contributed by atoms with E-state index in [2.05, 4.69) is 0 Å². The summed E-state index contributed by atoms with van der Waals surface area (Å²) >= 11 is 0. The van der Waals surface area contributed by atoms with Gasteiger partial charge in [-0.1, -0.05) is 18.2 Å². The predicted octanol–water partition coefficient (Wildman–Crippen LogP) is 2.42. The molecular formula is C15H17FN2O2S. The van der Waals surface area contributed by atoms with E-state index >= 15 is 0 Å². The average Bonchev–Trinajstić information content (AvgIpc) is 2.48. The number of nitrogens with two attached hydrogens (primary N) is 1. The molecule has 112 valence electrons. The van der Waals surface area contributed by atoms with Crippen molar-refractivity contribution in [1.29, 1.82) is 0 Å². The van der Waals surface area contributed by atoms with Crippen molar-refractivity contribution >= 4 is 15.7 Å². The molecule has 0 atom stereocenters. The molecule has 0 saturated carbocycles. The lowest BCUT2D eigenvalue weighted by molar-refractivity contribution is 0.588. The van der Waals surface area contributed by atoms with Crippen LogP contribution in [0.25, 0.3) is 0 Å². The van der Waals surface area contributed by atoms with E-state index in [1.54, 1.807) is 25.1 Å². The molecule has 0 spiro atoms. The summed E-state index contributed by atoms with van der Waals surface area (Å²) in [6, 6.07) is 10.7. The Morgan fingerprint density at radius 3 is 2.57 bits per heavy atom. The van der Waals surface area contributed by atoms with Gasteiger partial charge in [0.25, 0.3) is 10.0 Å². The molecule has 0 aromatic heterocycles. The molecule has 2 N–H and O–H groups in total. The maximum atomic E-state index is 13.4. The topological polar surface area (TPSA) is 63.4 Å². The van der Waals surface area contributed by atoms with Crippen molar-refractivity contribution in [1.82, 2.24) is 0 Å². The highest BCUT2D eigenvalue weighted by Crippen LogP contribution is 2.25. The molecule has 2 rings (SSSR count). The number of nitrogens with zero attached hydrogens (tertiary/aromatic N) is 1. The van der Waals surface area contributed by atoms with E-state index in [1.165, 1.54) is 19.2 Å². The molecule has 0 aliphatic rings. The van der Waals surface area contributed by atoms with Gasteiger partial charge in [-0.15, -0.1) is 0 Å². The van der Waals surface area contributed by atoms with E-state index in [1.807, 2.05) is 6.07 Å². The molecule has 0 amide bonds. The minimum absolute atomic E-state index is 0.0387. The summed E-state index contributed by atoms with van der Waals surface area (Å²) < 4.78 is 39.8. The second-order valence-electron chi connectivity index (χ2n) is 4.76. The van der Waals surface area contributed by atoms with Crippen molar-refractivity contribution in [3.8, 4) is 0 Å². The van der Waals surface area contributed by atoms with Gasteiger partial charge < -0.3 is 5.73 Å². The number of benzene rings is 2. The third-order valence-corrected chi connectivity index (χ3v) is 5.23. The summed E-state index contributed by atoms with van der Waals surface area (Å²) in [7, 11) is -2.38. The second kappa shape index (κ2) is 5.83. The molecule has 0 heterocycles. The molecule has 0 bridgehead atoms. The third-order valence-electron chi connectivity index (χ3n) is 3.30. The van der Waals surface area contributed by atoms with Gasteiger partial charge in [0.1, 0.15) is 5.82 Å². The van der Waals surface area contributed by atoms with Gasteiger partial charge in [0.2, 0.25) is 0 Å². The Bertz CT molecular complexity index is 760. The average molecular weight is 308 g/mol. The van der Waals surface area contributed by atoms with Crippen LogP contribution in [0.3, 0.4) is 0 Å². The Morgan fingerprint density at radius 1 is 1.19 bits per heavy atom. The smallest absolute Gasteiger partial charge is 0.264 e. The quantitative estimate of drug-likeness (QED) is 0.943. The van der Waals surface area contributed by atoms with Crippen molar-refractivity contribution in [3.63, 3.8) is 0 Å². The Balaban J connectivity index is 2.49. The number of rotatable bonds is 4. The van der Waals surface area contributed by atoms with Crippen LogP contribution >= 0.6 is 0 Å². The van der Waals surface area contributed by atoms with Crippen molar-refractivity contribution in [2.24, 2.45) is 5.73 Å². The maximum absolute atomic E-state index is 13.4. The van der Waals surface area contributed by atoms with Gasteiger partial charge in [0, 0.05) is 13.6 Å². The second-order valence-corrected chi connectivity index (χ2v) is 6.69. The molecule has 2 aromatic rings. The van der Waals surface area contributed by atoms with Gasteiger partial charge in [-0.05, 0) is 42.3 Å². The number of hydrogen-bond acceptors (Lipinski definition) is 3. The third kappa shape index (κ3) is 3.06. The van der Waals surface area contributed by atoms with E-state index < -0.39 is 15.8 Å². The van der Waals surface area contributed by atoms with Crippen LogP contribution < -0.4 is 10.0 Å². The zero-order valence-electron chi connectivity index (χ0n) is 11.9. The maximum Gasteiger partial charge on any atom is 0.264 e. The van der Waals surface area contributed by atoms with E-state index in [9.17, 15) is 12.8 Å². The minimum Gasteiger partial charge on any atom is -0.326 e. The first-order valence-electron chi connectivity index (χ1n) is 6.40. The van der Waals surface area contributed by atoms with Crippen molar-refractivity contribution in [2.75, 3.05) is 11.4 Å². The van der Waals surface area contributed by atoms with Gasteiger partial charge in [-0.3, -0.25) is 4.31 Å². The summed E-state index contributed by atoms with van der Waals surface area (Å²) in [6.07, 6.45) is 0. The molecule has 6 heteroatoms. The highest BCUT2D eigenvalue weighted by atomic mass is 32.2. The zero-order chi connectivity index (χ0) is 15.6. The first-order valence-corrected chi connectivity index (χ1v) is 7.84. The van der Waals surface area contributed by atoms with Crippen molar-refractivity contribution in [3.05, 3.63) is 59.4 Å². The van der Waals surface area contributed by atoms with E-state index in [4.69, 9.17) is 5.73 Å². The van der Waals surface area contributed by atoms with Gasteiger partial charge in [0.05, 0.1) is 10.6 Å². The van der Waals surface area contributed by atoms with Crippen LogP contribution in [-0.2, 0) is 16.6 Å². The zero-order valence-corrected chi connectivity index (χ0v) is 12.7. The largest absolute Gasteiger partial charge is 0.326 e. The Labute approximate surface area is 124 Å². The molecule has 0 saturated heterocycles. The van der Waals surface area contributed by atoms with Crippen molar-refractivity contribution in [2.45, 2.75) is 18.4 Å². The molecule has 2 aromatic carbocycles. The fourth-order valence-electron chi connectivity index (χ4n) is 2.02. The molecule has 21 heavy (non-hydrogen) atoms. The summed E-state index contributed by atoms with van der Waals surface area (Å²) in [5, 5.41) is 0. The summed E-state index contributed by atoms with van der Waals surface area (Å²) in [4.78, 5) is -0.0387. The van der Waals surface area contributed by atoms with Crippen LogP contribution in [0.5, 0.6) is 0 Å². The number of hydrogen-bond donors (Lipinski definition) is 1. The molecule has 4 nitrogen and oxygen atoms in total. The number of aryl methyl sites for hydroxylation is 1. The van der Waals surface area contributed by atoms with Crippen molar-refractivity contribution < 1.29 is 12.8 Å². The molecule has 0 fully saturated rings. The molecular weight excluding hydrogens is 291 g/mol. The van der Waals surface area contributed by atoms with Crippen LogP contribution in [-0.4, -0.2) is 15.5 Å². The SMILES string of the molecule is Cc1ccc(F)cc1S(=O)(=O)N(C)c1cccc(CN)c1. The monoisotopic (exact) mass is 308 g/mol. The normalized spacial score (nSPS) is 11.4. The van der Waals surface area contributed by atoms with Gasteiger partial charge >= 0.3 is 0 Å². The predicted molar refractivity (Wildman–Crippen MR) is 81.1 cm³/mol. The fourth-order valence-corrected chi connectivity index (χ4v) is 3.44. The molecule has 0 radical (unpaired) electrons. The minimum atomic E-state index is -3.82. The summed E-state index contributed by atoms with van der Waals surface area (Å²) in [6.45, 7) is 1.96.